The third kappa shape index (κ3) is 2.22. The molecule has 0 bridgehead atoms. The molecule has 0 aromatic rings. The van der Waals surface area contributed by atoms with Crippen LogP contribution in [0.1, 0.15) is 40.5 Å². The van der Waals surface area contributed by atoms with Crippen LogP contribution in [-0.2, 0) is 9.53 Å². The van der Waals surface area contributed by atoms with Gasteiger partial charge >= 0.3 is 5.97 Å². The first-order valence-electron chi connectivity index (χ1n) is 4.94. The molecule has 0 saturated carbocycles. The number of nitrogens with zero attached hydrogens (tertiary/aromatic N) is 1. The maximum absolute atomic E-state index is 11.6. The summed E-state index contributed by atoms with van der Waals surface area (Å²) in [4.78, 5) is 15.8. The van der Waals surface area contributed by atoms with E-state index in [1.54, 1.807) is 6.21 Å². The Balaban J connectivity index is 3.08. The molecule has 0 aromatic heterocycles. The number of ether oxygens (including phenoxy) is 1. The summed E-state index contributed by atoms with van der Waals surface area (Å²) in [5.74, 6) is -0.218. The number of carbonyl (C=O) groups is 1. The van der Waals surface area contributed by atoms with E-state index in [2.05, 4.69) is 4.99 Å². The van der Waals surface area contributed by atoms with Gasteiger partial charge in [-0.3, -0.25) is 4.99 Å². The Morgan fingerprint density at radius 2 is 2.21 bits per heavy atom. The lowest BCUT2D eigenvalue weighted by atomic mass is 9.95. The summed E-state index contributed by atoms with van der Waals surface area (Å²) in [6.45, 7) is 7.61. The van der Waals surface area contributed by atoms with Crippen molar-refractivity contribution in [3.8, 4) is 0 Å². The van der Waals surface area contributed by atoms with E-state index in [9.17, 15) is 4.79 Å². The summed E-state index contributed by atoms with van der Waals surface area (Å²) in [6, 6.07) is 0. The second-order valence-electron chi connectivity index (χ2n) is 3.99. The first-order chi connectivity index (χ1) is 6.50. The van der Waals surface area contributed by atoms with Crippen LogP contribution in [0.3, 0.4) is 0 Å². The number of hydrogen-bond acceptors (Lipinski definition) is 3. The van der Waals surface area contributed by atoms with Gasteiger partial charge in [0.25, 0.3) is 0 Å². The fraction of sp³-hybridized carbons (Fsp3) is 0.636. The van der Waals surface area contributed by atoms with Gasteiger partial charge in [-0.15, -0.1) is 0 Å². The lowest BCUT2D eigenvalue weighted by Crippen LogP contribution is -2.34. The van der Waals surface area contributed by atoms with E-state index >= 15 is 0 Å². The zero-order valence-corrected chi connectivity index (χ0v) is 9.26. The molecule has 0 unspecified atom stereocenters. The van der Waals surface area contributed by atoms with Crippen LogP contribution in [0.2, 0.25) is 0 Å². The monoisotopic (exact) mass is 195 g/mol. The van der Waals surface area contributed by atoms with Crippen LogP contribution in [0, 0.1) is 0 Å². The minimum atomic E-state index is -0.419. The third-order valence-electron chi connectivity index (χ3n) is 2.20. The molecule has 1 heterocycles. The average molecular weight is 195 g/mol. The van der Waals surface area contributed by atoms with Crippen LogP contribution in [0.4, 0.5) is 0 Å². The van der Waals surface area contributed by atoms with Gasteiger partial charge in [0.05, 0.1) is 11.3 Å². The van der Waals surface area contributed by atoms with Crippen molar-refractivity contribution in [3.05, 3.63) is 11.3 Å². The molecule has 0 spiro atoms. The van der Waals surface area contributed by atoms with Gasteiger partial charge in [0, 0.05) is 12.6 Å². The van der Waals surface area contributed by atoms with Gasteiger partial charge < -0.3 is 4.74 Å². The molecule has 0 fully saturated rings. The van der Waals surface area contributed by atoms with Gasteiger partial charge in [0.15, 0.2) is 0 Å². The maximum atomic E-state index is 11.6. The molecule has 0 aliphatic carbocycles. The largest absolute Gasteiger partial charge is 0.456 e. The Kier molecular flexibility index (Phi) is 3.09. The van der Waals surface area contributed by atoms with Gasteiger partial charge in [0.2, 0.25) is 0 Å². The van der Waals surface area contributed by atoms with E-state index in [0.29, 0.717) is 18.4 Å². The van der Waals surface area contributed by atoms with Crippen LogP contribution in [-0.4, -0.2) is 17.8 Å². The van der Waals surface area contributed by atoms with E-state index in [4.69, 9.17) is 4.74 Å². The van der Waals surface area contributed by atoms with Crippen LogP contribution < -0.4 is 0 Å². The molecule has 78 valence electrons. The lowest BCUT2D eigenvalue weighted by Gasteiger charge is -2.31. The minimum absolute atomic E-state index is 0.218. The van der Waals surface area contributed by atoms with Crippen molar-refractivity contribution in [3.63, 3.8) is 0 Å². The summed E-state index contributed by atoms with van der Waals surface area (Å²) in [6.07, 6.45) is 3.10. The molecule has 0 aromatic carbocycles. The molecule has 3 heteroatoms. The quantitative estimate of drug-likeness (QED) is 0.501. The molecule has 3 nitrogen and oxygen atoms in total. The predicted molar refractivity (Wildman–Crippen MR) is 56.3 cm³/mol. The van der Waals surface area contributed by atoms with Crippen molar-refractivity contribution in [2.24, 2.45) is 4.99 Å². The normalized spacial score (nSPS) is 21.6. The second-order valence-corrected chi connectivity index (χ2v) is 3.99. The van der Waals surface area contributed by atoms with Crippen molar-refractivity contribution in [2.45, 2.75) is 46.1 Å². The third-order valence-corrected chi connectivity index (χ3v) is 2.20. The zero-order chi connectivity index (χ0) is 10.8. The minimum Gasteiger partial charge on any atom is -0.456 e. The highest BCUT2D eigenvalue weighted by Gasteiger charge is 2.33. The Labute approximate surface area is 84.9 Å². The van der Waals surface area contributed by atoms with Crippen LogP contribution in [0.5, 0.6) is 0 Å². The summed E-state index contributed by atoms with van der Waals surface area (Å²) in [5, 5.41) is 0. The van der Waals surface area contributed by atoms with Crippen LogP contribution in [0.25, 0.3) is 0 Å². The van der Waals surface area contributed by atoms with Gasteiger partial charge in [-0.1, -0.05) is 6.92 Å². The highest BCUT2D eigenvalue weighted by Crippen LogP contribution is 2.31. The first kappa shape index (κ1) is 11.0. The second kappa shape index (κ2) is 3.95. The molecule has 0 saturated heterocycles. The standard InChI is InChI=1S/C11H17NO2/c1-5-8-9(12-6-2)7-11(3,4)14-10(8)13/h6H,5,7H2,1-4H3/b12-6-. The summed E-state index contributed by atoms with van der Waals surface area (Å²) in [5.41, 5.74) is 1.16. The zero-order valence-electron chi connectivity index (χ0n) is 9.26. The number of carbonyl (C=O) groups excluding carboxylic acids is 1. The molecule has 1 rings (SSSR count). The van der Waals surface area contributed by atoms with Gasteiger partial charge in [-0.25, -0.2) is 4.79 Å². The van der Waals surface area contributed by atoms with Crippen LogP contribution in [0.15, 0.2) is 16.3 Å². The fourth-order valence-electron chi connectivity index (χ4n) is 1.60. The van der Waals surface area contributed by atoms with E-state index in [1.165, 1.54) is 0 Å². The molecular weight excluding hydrogens is 178 g/mol. The SMILES string of the molecule is C/C=N\C1=C(CC)C(=O)OC(C)(C)C1. The first-order valence-corrected chi connectivity index (χ1v) is 4.94. The Morgan fingerprint density at radius 3 is 2.71 bits per heavy atom. The number of rotatable bonds is 2. The molecular formula is C11H17NO2. The molecule has 1 aliphatic heterocycles. The molecule has 0 N–H and O–H groups in total. The smallest absolute Gasteiger partial charge is 0.336 e. The fourth-order valence-corrected chi connectivity index (χ4v) is 1.60. The molecule has 1 aliphatic rings. The highest BCUT2D eigenvalue weighted by molar-refractivity contribution is 5.90. The molecule has 14 heavy (non-hydrogen) atoms. The molecule has 0 radical (unpaired) electrons. The number of cyclic esters (lactones) is 1. The van der Waals surface area contributed by atoms with E-state index < -0.39 is 5.60 Å². The highest BCUT2D eigenvalue weighted by atomic mass is 16.6. The van der Waals surface area contributed by atoms with Crippen molar-refractivity contribution < 1.29 is 9.53 Å². The number of esters is 1. The van der Waals surface area contributed by atoms with Crippen molar-refractivity contribution in [1.29, 1.82) is 0 Å². The average Bonchev–Trinajstić information content (AvgIpc) is 2.02. The summed E-state index contributed by atoms with van der Waals surface area (Å²) in [7, 11) is 0. The van der Waals surface area contributed by atoms with Gasteiger partial charge in [0.1, 0.15) is 5.60 Å². The number of hydrogen-bond donors (Lipinski definition) is 0. The van der Waals surface area contributed by atoms with Crippen LogP contribution >= 0.6 is 0 Å². The summed E-state index contributed by atoms with van der Waals surface area (Å²) < 4.78 is 5.28. The Bertz CT molecular complexity index is 300. The maximum Gasteiger partial charge on any atom is 0.336 e. The number of aliphatic imine (C=N–C) groups is 1. The van der Waals surface area contributed by atoms with E-state index in [1.807, 2.05) is 27.7 Å². The van der Waals surface area contributed by atoms with Gasteiger partial charge in [-0.05, 0) is 27.2 Å². The van der Waals surface area contributed by atoms with Crippen molar-refractivity contribution in [1.82, 2.24) is 0 Å². The lowest BCUT2D eigenvalue weighted by molar-refractivity contribution is -0.153. The van der Waals surface area contributed by atoms with Crippen molar-refractivity contribution in [2.75, 3.05) is 0 Å². The Hall–Kier alpha value is -1.12. The van der Waals surface area contributed by atoms with Crippen molar-refractivity contribution >= 4 is 12.2 Å². The molecule has 0 amide bonds. The molecule has 0 atom stereocenters. The predicted octanol–water partition coefficient (Wildman–Crippen LogP) is 2.47. The van der Waals surface area contributed by atoms with E-state index in [-0.39, 0.29) is 5.97 Å². The Morgan fingerprint density at radius 1 is 1.57 bits per heavy atom. The van der Waals surface area contributed by atoms with E-state index in [0.717, 1.165) is 5.70 Å². The summed E-state index contributed by atoms with van der Waals surface area (Å²) >= 11 is 0. The topological polar surface area (TPSA) is 38.7 Å². The van der Waals surface area contributed by atoms with Gasteiger partial charge in [-0.2, -0.15) is 0 Å².